The lowest BCUT2D eigenvalue weighted by atomic mass is 10.1. The topological polar surface area (TPSA) is 90.3 Å². The lowest BCUT2D eigenvalue weighted by Crippen LogP contribution is -2.51. The number of fused-ring (bicyclic) bond motifs is 1. The highest BCUT2D eigenvalue weighted by Gasteiger charge is 2.39. The van der Waals surface area contributed by atoms with E-state index in [0.717, 1.165) is 37.4 Å². The fourth-order valence-electron chi connectivity index (χ4n) is 4.19. The second-order valence-electron chi connectivity index (χ2n) is 8.13. The number of urea groups is 1. The number of imide groups is 1. The van der Waals surface area contributed by atoms with Gasteiger partial charge < -0.3 is 5.32 Å². The number of thiazole rings is 1. The third-order valence-corrected chi connectivity index (χ3v) is 6.69. The number of benzene rings is 1. The van der Waals surface area contributed by atoms with Gasteiger partial charge in [0.05, 0.1) is 12.4 Å². The van der Waals surface area contributed by atoms with Crippen molar-refractivity contribution in [2.75, 3.05) is 32.8 Å². The van der Waals surface area contributed by atoms with Gasteiger partial charge in [-0.25, -0.2) is 14.7 Å². The van der Waals surface area contributed by atoms with E-state index >= 15 is 0 Å². The molecule has 10 heteroatoms. The number of carbonyl (C=O) groups is 2. The maximum atomic E-state index is 12.8. The molecule has 2 aliphatic rings. The summed E-state index contributed by atoms with van der Waals surface area (Å²) in [6.45, 7) is 3.94. The highest BCUT2D eigenvalue weighted by molar-refractivity contribution is 7.15. The summed E-state index contributed by atoms with van der Waals surface area (Å²) in [5, 5.41) is 4.67. The standard InChI is InChI=1S/C22H24N6O3S/c29-19-13-17(23-22-27(19)10-11-32-22)14-25-6-8-26(9-7-25)15-28-20(30)18(24-21(28)31)12-16-4-2-1-3-5-16/h1-5,10-11,13,18H,6-9,12,14-15H2,(H,24,31)/t18-/m0/s1. The number of piperazine rings is 1. The zero-order valence-electron chi connectivity index (χ0n) is 17.5. The van der Waals surface area contributed by atoms with Crippen molar-refractivity contribution in [3.63, 3.8) is 0 Å². The van der Waals surface area contributed by atoms with Gasteiger partial charge >= 0.3 is 6.03 Å². The normalized spacial score (nSPS) is 20.2. The van der Waals surface area contributed by atoms with Crippen molar-refractivity contribution in [2.24, 2.45) is 0 Å². The highest BCUT2D eigenvalue weighted by atomic mass is 32.1. The van der Waals surface area contributed by atoms with Gasteiger partial charge in [-0.2, -0.15) is 0 Å². The van der Waals surface area contributed by atoms with Crippen LogP contribution in [-0.2, 0) is 17.8 Å². The summed E-state index contributed by atoms with van der Waals surface area (Å²) in [4.78, 5) is 48.3. The Morgan fingerprint density at radius 3 is 2.56 bits per heavy atom. The van der Waals surface area contributed by atoms with E-state index in [1.165, 1.54) is 16.2 Å². The van der Waals surface area contributed by atoms with E-state index in [2.05, 4.69) is 20.1 Å². The number of carbonyl (C=O) groups excluding carboxylic acids is 2. The molecule has 3 amide bonds. The molecule has 0 unspecified atom stereocenters. The van der Waals surface area contributed by atoms with Gasteiger partial charge in [0.25, 0.3) is 11.5 Å². The van der Waals surface area contributed by atoms with Gasteiger partial charge in [-0.05, 0) is 5.56 Å². The Hall–Kier alpha value is -3.08. The molecule has 2 aromatic heterocycles. The molecule has 0 radical (unpaired) electrons. The first-order valence-corrected chi connectivity index (χ1v) is 11.5. The lowest BCUT2D eigenvalue weighted by molar-refractivity contribution is -0.129. The number of rotatable bonds is 6. The molecular weight excluding hydrogens is 428 g/mol. The molecule has 2 aliphatic heterocycles. The van der Waals surface area contributed by atoms with Crippen molar-refractivity contribution in [3.8, 4) is 0 Å². The van der Waals surface area contributed by atoms with Gasteiger partial charge in [0.15, 0.2) is 4.96 Å². The fourth-order valence-corrected chi connectivity index (χ4v) is 4.92. The SMILES string of the molecule is O=C1N[C@@H](Cc2ccccc2)C(=O)N1CN1CCN(Cc2cc(=O)n3ccsc3n2)CC1. The first-order chi connectivity index (χ1) is 15.6. The van der Waals surface area contributed by atoms with Gasteiger partial charge in [0, 0.05) is 56.8 Å². The van der Waals surface area contributed by atoms with Gasteiger partial charge in [0.1, 0.15) is 6.04 Å². The quantitative estimate of drug-likeness (QED) is 0.561. The van der Waals surface area contributed by atoms with Gasteiger partial charge in [-0.15, -0.1) is 11.3 Å². The summed E-state index contributed by atoms with van der Waals surface area (Å²) in [6.07, 6.45) is 2.23. The Balaban J connectivity index is 1.14. The second-order valence-corrected chi connectivity index (χ2v) is 9.01. The molecule has 1 aromatic carbocycles. The van der Waals surface area contributed by atoms with Crippen LogP contribution >= 0.6 is 11.3 Å². The lowest BCUT2D eigenvalue weighted by Gasteiger charge is -2.35. The molecule has 2 saturated heterocycles. The first-order valence-electron chi connectivity index (χ1n) is 10.6. The van der Waals surface area contributed by atoms with Crippen LogP contribution < -0.4 is 10.9 Å². The summed E-state index contributed by atoms with van der Waals surface area (Å²) in [5.74, 6) is -0.171. The van der Waals surface area contributed by atoms with Crippen LogP contribution in [0.3, 0.4) is 0 Å². The second kappa shape index (κ2) is 8.81. The molecule has 32 heavy (non-hydrogen) atoms. The average Bonchev–Trinajstić information content (AvgIpc) is 3.36. The van der Waals surface area contributed by atoms with Crippen LogP contribution in [0.25, 0.3) is 4.96 Å². The Bertz CT molecular complexity index is 1190. The van der Waals surface area contributed by atoms with Crippen LogP contribution in [0.4, 0.5) is 4.79 Å². The number of aromatic nitrogens is 2. The first kappa shape index (κ1) is 20.8. The molecule has 0 aliphatic carbocycles. The summed E-state index contributed by atoms with van der Waals surface area (Å²) in [6, 6.07) is 10.5. The van der Waals surface area contributed by atoms with Gasteiger partial charge in [0.2, 0.25) is 0 Å². The van der Waals surface area contributed by atoms with Gasteiger partial charge in [-0.3, -0.25) is 23.8 Å². The Morgan fingerprint density at radius 1 is 1.03 bits per heavy atom. The third kappa shape index (κ3) is 4.29. The molecule has 5 rings (SSSR count). The van der Waals surface area contributed by atoms with Crippen molar-refractivity contribution in [2.45, 2.75) is 19.0 Å². The molecule has 0 saturated carbocycles. The minimum Gasteiger partial charge on any atom is -0.325 e. The summed E-state index contributed by atoms with van der Waals surface area (Å²) < 4.78 is 1.55. The van der Waals surface area contributed by atoms with Crippen LogP contribution in [0.1, 0.15) is 11.3 Å². The maximum absolute atomic E-state index is 12.8. The largest absolute Gasteiger partial charge is 0.325 e. The Morgan fingerprint density at radius 2 is 1.78 bits per heavy atom. The molecule has 2 fully saturated rings. The zero-order chi connectivity index (χ0) is 22.1. The van der Waals surface area contributed by atoms with Crippen molar-refractivity contribution < 1.29 is 9.59 Å². The molecule has 1 atom stereocenters. The fraction of sp³-hybridized carbons (Fsp3) is 0.364. The van der Waals surface area contributed by atoms with E-state index in [1.807, 2.05) is 35.7 Å². The van der Waals surface area contributed by atoms with Crippen LogP contribution in [0.15, 0.2) is 52.8 Å². The van der Waals surface area contributed by atoms with Crippen molar-refractivity contribution in [1.29, 1.82) is 0 Å². The summed E-state index contributed by atoms with van der Waals surface area (Å²) in [7, 11) is 0. The van der Waals surface area contributed by atoms with Crippen molar-refractivity contribution >= 4 is 28.2 Å². The molecule has 9 nitrogen and oxygen atoms in total. The van der Waals surface area contributed by atoms with Crippen LogP contribution in [-0.4, -0.2) is 74.9 Å². The Kier molecular flexibility index (Phi) is 5.73. The molecule has 1 N–H and O–H groups in total. The number of amides is 3. The predicted molar refractivity (Wildman–Crippen MR) is 120 cm³/mol. The average molecular weight is 453 g/mol. The summed E-state index contributed by atoms with van der Waals surface area (Å²) in [5.41, 5.74) is 1.73. The molecule has 0 spiro atoms. The number of hydrogen-bond acceptors (Lipinski definition) is 7. The molecule has 4 heterocycles. The van der Waals surface area contributed by atoms with E-state index in [4.69, 9.17) is 0 Å². The minimum absolute atomic E-state index is 0.0616. The molecular formula is C22H24N6O3S. The smallest absolute Gasteiger partial charge is 0.325 e. The van der Waals surface area contributed by atoms with Crippen LogP contribution in [0.2, 0.25) is 0 Å². The van der Waals surface area contributed by atoms with E-state index in [9.17, 15) is 14.4 Å². The maximum Gasteiger partial charge on any atom is 0.325 e. The molecule has 3 aromatic rings. The molecule has 166 valence electrons. The summed E-state index contributed by atoms with van der Waals surface area (Å²) >= 11 is 1.45. The van der Waals surface area contributed by atoms with Gasteiger partial charge in [-0.1, -0.05) is 30.3 Å². The van der Waals surface area contributed by atoms with E-state index in [-0.39, 0.29) is 17.5 Å². The third-order valence-electron chi connectivity index (χ3n) is 5.94. The van der Waals surface area contributed by atoms with Crippen LogP contribution in [0, 0.1) is 0 Å². The number of nitrogens with one attached hydrogen (secondary N) is 1. The predicted octanol–water partition coefficient (Wildman–Crippen LogP) is 0.994. The van der Waals surface area contributed by atoms with Crippen molar-refractivity contribution in [3.05, 3.63) is 69.6 Å². The minimum atomic E-state index is -0.511. The zero-order valence-corrected chi connectivity index (χ0v) is 18.3. The number of nitrogens with zero attached hydrogens (tertiary/aromatic N) is 5. The molecule has 0 bridgehead atoms. The monoisotopic (exact) mass is 452 g/mol. The van der Waals surface area contributed by atoms with Crippen molar-refractivity contribution in [1.82, 2.24) is 29.4 Å². The van der Waals surface area contributed by atoms with E-state index in [0.29, 0.717) is 24.6 Å². The van der Waals surface area contributed by atoms with E-state index < -0.39 is 6.04 Å². The van der Waals surface area contributed by atoms with E-state index in [1.54, 1.807) is 16.7 Å². The highest BCUT2D eigenvalue weighted by Crippen LogP contribution is 2.15. The number of hydrogen-bond donors (Lipinski definition) is 1. The van der Waals surface area contributed by atoms with Crippen LogP contribution in [0.5, 0.6) is 0 Å². The Labute approximate surface area is 188 Å².